The molecule has 2 atom stereocenters. The van der Waals surface area contributed by atoms with Gasteiger partial charge in [0.25, 0.3) is 0 Å². The Labute approximate surface area is 263 Å². The SMILES string of the molecule is CC(=O)N1CC[C@H](n2ncc3c(N4CC(N(C)C)C4)nc4c(F)c(-c5ccc(F)c6cccnc56)c(Cl)cc4c32)C[C@H]1CC#N. The molecule has 5 aromatic rings. The van der Waals surface area contributed by atoms with E-state index in [2.05, 4.69) is 20.9 Å². The number of halogens is 3. The quantitative estimate of drug-likeness (QED) is 0.238. The Bertz CT molecular complexity index is 2030. The third kappa shape index (κ3) is 4.75. The van der Waals surface area contributed by atoms with E-state index in [1.54, 1.807) is 35.5 Å². The largest absolute Gasteiger partial charge is 0.353 e. The summed E-state index contributed by atoms with van der Waals surface area (Å²) < 4.78 is 33.5. The predicted octanol–water partition coefficient (Wildman–Crippen LogP) is 5.95. The van der Waals surface area contributed by atoms with Crippen LogP contribution in [-0.4, -0.2) is 81.3 Å². The monoisotopic (exact) mass is 628 g/mol. The fourth-order valence-corrected chi connectivity index (χ4v) is 7.18. The molecule has 1 amide bonds. The maximum Gasteiger partial charge on any atom is 0.219 e. The lowest BCUT2D eigenvalue weighted by Gasteiger charge is -2.43. The molecular weight excluding hydrogens is 598 g/mol. The number of benzene rings is 2. The molecule has 45 heavy (non-hydrogen) atoms. The first-order valence-electron chi connectivity index (χ1n) is 15.0. The molecule has 0 N–H and O–H groups in total. The highest BCUT2D eigenvalue weighted by molar-refractivity contribution is 6.35. The number of anilines is 1. The average molecular weight is 629 g/mol. The van der Waals surface area contributed by atoms with Crippen molar-refractivity contribution in [2.45, 2.75) is 44.3 Å². The average Bonchev–Trinajstić information content (AvgIpc) is 3.44. The zero-order chi connectivity index (χ0) is 31.6. The van der Waals surface area contributed by atoms with Gasteiger partial charge in [-0.15, -0.1) is 0 Å². The van der Waals surface area contributed by atoms with Gasteiger partial charge >= 0.3 is 0 Å². The van der Waals surface area contributed by atoms with Gasteiger partial charge in [-0.1, -0.05) is 11.6 Å². The smallest absolute Gasteiger partial charge is 0.219 e. The van der Waals surface area contributed by atoms with Gasteiger partial charge in [-0.05, 0) is 57.3 Å². The van der Waals surface area contributed by atoms with Crippen LogP contribution in [0.15, 0.2) is 42.7 Å². The summed E-state index contributed by atoms with van der Waals surface area (Å²) >= 11 is 6.89. The van der Waals surface area contributed by atoms with E-state index in [1.165, 1.54) is 19.1 Å². The van der Waals surface area contributed by atoms with E-state index in [4.69, 9.17) is 21.7 Å². The number of carbonyl (C=O) groups is 1. The molecule has 2 saturated heterocycles. The number of aromatic nitrogens is 4. The van der Waals surface area contributed by atoms with Crippen molar-refractivity contribution in [3.8, 4) is 17.2 Å². The van der Waals surface area contributed by atoms with Crippen molar-refractivity contribution in [3.05, 3.63) is 59.4 Å². The summed E-state index contributed by atoms with van der Waals surface area (Å²) in [6.45, 7) is 3.46. The van der Waals surface area contributed by atoms with Crippen LogP contribution in [0, 0.1) is 23.0 Å². The molecule has 9 nitrogen and oxygen atoms in total. The van der Waals surface area contributed by atoms with Gasteiger partial charge in [0, 0.05) is 66.7 Å². The van der Waals surface area contributed by atoms with Gasteiger partial charge < -0.3 is 14.7 Å². The highest BCUT2D eigenvalue weighted by Gasteiger charge is 2.35. The lowest BCUT2D eigenvalue weighted by molar-refractivity contribution is -0.132. The van der Waals surface area contributed by atoms with E-state index in [0.717, 1.165) is 18.5 Å². The van der Waals surface area contributed by atoms with Crippen LogP contribution in [0.25, 0.3) is 43.8 Å². The molecule has 7 rings (SSSR count). The van der Waals surface area contributed by atoms with Crippen molar-refractivity contribution in [1.82, 2.24) is 29.5 Å². The van der Waals surface area contributed by atoms with Crippen LogP contribution in [0.3, 0.4) is 0 Å². The van der Waals surface area contributed by atoms with Crippen LogP contribution < -0.4 is 4.90 Å². The van der Waals surface area contributed by atoms with E-state index in [1.807, 2.05) is 18.8 Å². The summed E-state index contributed by atoms with van der Waals surface area (Å²) in [4.78, 5) is 27.6. The number of piperidine rings is 1. The Morgan fingerprint density at radius 2 is 1.96 bits per heavy atom. The number of likely N-dealkylation sites (tertiary alicyclic amines) is 1. The van der Waals surface area contributed by atoms with E-state index < -0.39 is 11.6 Å². The summed E-state index contributed by atoms with van der Waals surface area (Å²) in [5.74, 6) is -0.506. The molecule has 0 bridgehead atoms. The summed E-state index contributed by atoms with van der Waals surface area (Å²) in [6, 6.07) is 9.91. The van der Waals surface area contributed by atoms with Crippen molar-refractivity contribution in [3.63, 3.8) is 0 Å². The molecule has 3 aromatic heterocycles. The fraction of sp³-hybridized carbons (Fsp3) is 0.364. The second kappa shape index (κ2) is 11.2. The molecule has 2 aliphatic heterocycles. The lowest BCUT2D eigenvalue weighted by atomic mass is 9.94. The molecule has 0 unspecified atom stereocenters. The Morgan fingerprint density at radius 1 is 1.16 bits per heavy atom. The molecule has 0 aliphatic carbocycles. The molecule has 2 aliphatic rings. The lowest BCUT2D eigenvalue weighted by Crippen LogP contribution is -2.57. The van der Waals surface area contributed by atoms with Crippen LogP contribution in [0.5, 0.6) is 0 Å². The van der Waals surface area contributed by atoms with Crippen LogP contribution in [0.2, 0.25) is 5.02 Å². The number of pyridine rings is 2. The number of nitriles is 1. The Morgan fingerprint density at radius 3 is 2.69 bits per heavy atom. The molecule has 0 radical (unpaired) electrons. The highest BCUT2D eigenvalue weighted by atomic mass is 35.5. The van der Waals surface area contributed by atoms with Gasteiger partial charge in [-0.2, -0.15) is 10.4 Å². The van der Waals surface area contributed by atoms with Gasteiger partial charge in [-0.3, -0.25) is 14.5 Å². The van der Waals surface area contributed by atoms with Crippen molar-refractivity contribution in [2.75, 3.05) is 38.6 Å². The zero-order valence-corrected chi connectivity index (χ0v) is 25.9. The maximum atomic E-state index is 16.9. The number of nitrogens with zero attached hydrogens (tertiary/aromatic N) is 8. The predicted molar refractivity (Wildman–Crippen MR) is 170 cm³/mol. The van der Waals surface area contributed by atoms with Crippen LogP contribution in [0.4, 0.5) is 14.6 Å². The minimum Gasteiger partial charge on any atom is -0.353 e. The van der Waals surface area contributed by atoms with E-state index >= 15 is 4.39 Å². The van der Waals surface area contributed by atoms with Crippen molar-refractivity contribution in [1.29, 1.82) is 5.26 Å². The van der Waals surface area contributed by atoms with E-state index in [0.29, 0.717) is 53.2 Å². The summed E-state index contributed by atoms with van der Waals surface area (Å²) in [5, 5.41) is 16.0. The minimum absolute atomic E-state index is 0.0617. The topological polar surface area (TPSA) is 94.2 Å². The molecule has 12 heteroatoms. The van der Waals surface area contributed by atoms with Gasteiger partial charge in [0.05, 0.1) is 46.2 Å². The number of hydrogen-bond acceptors (Lipinski definition) is 7. The number of amides is 1. The number of rotatable bonds is 5. The van der Waals surface area contributed by atoms with Crippen LogP contribution in [0.1, 0.15) is 32.2 Å². The molecule has 0 saturated carbocycles. The van der Waals surface area contributed by atoms with Gasteiger partial charge in [-0.25, -0.2) is 13.8 Å². The molecule has 5 heterocycles. The number of hydrogen-bond donors (Lipinski definition) is 0. The molecule has 2 aromatic carbocycles. The Kier molecular flexibility index (Phi) is 7.29. The van der Waals surface area contributed by atoms with Crippen molar-refractivity contribution < 1.29 is 13.6 Å². The highest BCUT2D eigenvalue weighted by Crippen LogP contribution is 2.44. The summed E-state index contributed by atoms with van der Waals surface area (Å²) in [6.07, 6.45) is 4.70. The van der Waals surface area contributed by atoms with Crippen LogP contribution >= 0.6 is 11.6 Å². The standard InChI is InChI=1S/C33H31ClF2N8O/c1-18(45)43-12-9-20(13-19(43)8-10-37)44-32-24-14-26(34)28(23-6-7-27(35)22-5-4-11-38-30(22)23)29(36)31(24)40-33(25(32)15-39-44)42-16-21(17-42)41(2)3/h4-7,11,14-15,19-21H,8-9,12-13,16-17H2,1-3H3/t19-,20+/m1/s1. The first kappa shape index (κ1) is 29.3. The third-order valence-electron chi connectivity index (χ3n) is 9.34. The van der Waals surface area contributed by atoms with Crippen LogP contribution in [-0.2, 0) is 4.79 Å². The molecule has 230 valence electrons. The number of carbonyl (C=O) groups excluding carboxylic acids is 1. The zero-order valence-electron chi connectivity index (χ0n) is 25.1. The van der Waals surface area contributed by atoms with E-state index in [9.17, 15) is 14.4 Å². The van der Waals surface area contributed by atoms with Crippen molar-refractivity contribution >= 4 is 56.0 Å². The second-order valence-electron chi connectivity index (χ2n) is 12.2. The third-order valence-corrected chi connectivity index (χ3v) is 9.64. The summed E-state index contributed by atoms with van der Waals surface area (Å²) in [5.41, 5.74) is 1.63. The molecular formula is C33H31ClF2N8O. The first-order valence-corrected chi connectivity index (χ1v) is 15.3. The normalized spacial score (nSPS) is 19.1. The number of fused-ring (bicyclic) bond motifs is 4. The van der Waals surface area contributed by atoms with Gasteiger partial charge in [0.15, 0.2) is 5.82 Å². The van der Waals surface area contributed by atoms with E-state index in [-0.39, 0.29) is 45.9 Å². The van der Waals surface area contributed by atoms with Crippen molar-refractivity contribution in [2.24, 2.45) is 0 Å². The van der Waals surface area contributed by atoms with Gasteiger partial charge in [0.2, 0.25) is 5.91 Å². The fourth-order valence-electron chi connectivity index (χ4n) is 6.88. The first-order chi connectivity index (χ1) is 21.7. The second-order valence-corrected chi connectivity index (χ2v) is 12.6. The molecule has 0 spiro atoms. The number of likely N-dealkylation sites (N-methyl/N-ethyl adjacent to an activating group) is 1. The summed E-state index contributed by atoms with van der Waals surface area (Å²) in [7, 11) is 4.06. The minimum atomic E-state index is -0.620. The Hall–Kier alpha value is -4.40. The molecule has 2 fully saturated rings. The maximum absolute atomic E-state index is 16.9. The Balaban J connectivity index is 1.44. The van der Waals surface area contributed by atoms with Gasteiger partial charge in [0.1, 0.15) is 17.2 Å².